The van der Waals surface area contributed by atoms with Crippen molar-refractivity contribution in [1.82, 2.24) is 15.1 Å². The Morgan fingerprint density at radius 1 is 1.10 bits per heavy atom. The van der Waals surface area contributed by atoms with Gasteiger partial charge in [0.15, 0.2) is 6.29 Å². The van der Waals surface area contributed by atoms with Crippen LogP contribution in [0, 0.1) is 0 Å². The van der Waals surface area contributed by atoms with Crippen molar-refractivity contribution in [1.29, 1.82) is 0 Å². The van der Waals surface area contributed by atoms with Crippen molar-refractivity contribution in [2.24, 2.45) is 0 Å². The maximum Gasteiger partial charge on any atom is 0.273 e. The Bertz CT molecular complexity index is 1030. The number of aromatic hydroxyl groups is 2. The SMILES string of the molecule is COC(CN1C(=O)c2[nH]nc(-c3ccc(O)cc3)c2C1c1cccc(O)c1)OC. The molecule has 0 radical (unpaired) electrons. The average Bonchev–Trinajstić information content (AvgIpc) is 3.26. The van der Waals surface area contributed by atoms with E-state index in [2.05, 4.69) is 10.2 Å². The minimum absolute atomic E-state index is 0.105. The normalized spacial score (nSPS) is 15.9. The number of fused-ring (bicyclic) bond motifs is 1. The Kier molecular flexibility index (Phi) is 4.96. The van der Waals surface area contributed by atoms with Crippen molar-refractivity contribution in [3.63, 3.8) is 0 Å². The molecule has 4 rings (SSSR count). The summed E-state index contributed by atoms with van der Waals surface area (Å²) in [6.07, 6.45) is -0.604. The Morgan fingerprint density at radius 3 is 2.48 bits per heavy atom. The molecule has 150 valence electrons. The average molecular weight is 395 g/mol. The highest BCUT2D eigenvalue weighted by atomic mass is 16.7. The Labute approximate surface area is 167 Å². The van der Waals surface area contributed by atoms with Crippen LogP contribution in [-0.2, 0) is 9.47 Å². The van der Waals surface area contributed by atoms with Gasteiger partial charge in [0.1, 0.15) is 17.2 Å². The van der Waals surface area contributed by atoms with Crippen LogP contribution in [-0.4, -0.2) is 58.3 Å². The number of phenols is 2. The van der Waals surface area contributed by atoms with E-state index in [1.807, 2.05) is 6.07 Å². The van der Waals surface area contributed by atoms with Crippen molar-refractivity contribution >= 4 is 5.91 Å². The van der Waals surface area contributed by atoms with E-state index in [4.69, 9.17) is 9.47 Å². The minimum Gasteiger partial charge on any atom is -0.508 e. The van der Waals surface area contributed by atoms with Gasteiger partial charge in [-0.3, -0.25) is 9.89 Å². The number of ether oxygens (including phenoxy) is 2. The van der Waals surface area contributed by atoms with Gasteiger partial charge in [-0.15, -0.1) is 0 Å². The number of nitrogens with zero attached hydrogens (tertiary/aromatic N) is 2. The lowest BCUT2D eigenvalue weighted by atomic mass is 9.96. The molecule has 0 aliphatic carbocycles. The molecule has 0 saturated heterocycles. The van der Waals surface area contributed by atoms with Crippen molar-refractivity contribution in [2.45, 2.75) is 12.3 Å². The number of amides is 1. The highest BCUT2D eigenvalue weighted by molar-refractivity contribution is 6.00. The third-order valence-corrected chi connectivity index (χ3v) is 5.06. The van der Waals surface area contributed by atoms with Crippen LogP contribution in [0.3, 0.4) is 0 Å². The number of hydrogen-bond donors (Lipinski definition) is 3. The summed E-state index contributed by atoms with van der Waals surface area (Å²) in [5, 5.41) is 26.8. The van der Waals surface area contributed by atoms with Gasteiger partial charge in [-0.05, 0) is 42.0 Å². The molecule has 1 aliphatic heterocycles. The van der Waals surface area contributed by atoms with E-state index in [1.54, 1.807) is 47.4 Å². The summed E-state index contributed by atoms with van der Waals surface area (Å²) in [7, 11) is 3.03. The quantitative estimate of drug-likeness (QED) is 0.554. The molecule has 3 aromatic rings. The highest BCUT2D eigenvalue weighted by Crippen LogP contribution is 2.43. The van der Waals surface area contributed by atoms with Gasteiger partial charge < -0.3 is 24.6 Å². The first-order chi connectivity index (χ1) is 14.0. The van der Waals surface area contributed by atoms with E-state index in [9.17, 15) is 15.0 Å². The molecule has 2 aromatic carbocycles. The van der Waals surface area contributed by atoms with Gasteiger partial charge in [-0.1, -0.05) is 12.1 Å². The molecule has 1 unspecified atom stereocenters. The van der Waals surface area contributed by atoms with Gasteiger partial charge in [0.05, 0.1) is 18.3 Å². The fourth-order valence-corrected chi connectivity index (χ4v) is 3.67. The molecule has 0 spiro atoms. The van der Waals surface area contributed by atoms with Crippen molar-refractivity contribution in [3.05, 3.63) is 65.4 Å². The molecule has 0 fully saturated rings. The number of hydrogen-bond acceptors (Lipinski definition) is 6. The van der Waals surface area contributed by atoms with E-state index in [0.29, 0.717) is 17.0 Å². The van der Waals surface area contributed by atoms with Gasteiger partial charge in [0.25, 0.3) is 5.91 Å². The molecule has 8 nitrogen and oxygen atoms in total. The smallest absolute Gasteiger partial charge is 0.273 e. The van der Waals surface area contributed by atoms with E-state index in [1.165, 1.54) is 14.2 Å². The standard InChI is InChI=1S/C21H21N3O5/c1-28-16(29-2)11-24-20(13-4-3-5-15(26)10-13)17-18(22-23-19(17)21(24)27)12-6-8-14(25)9-7-12/h3-10,16,20,25-26H,11H2,1-2H3,(H,22,23). The lowest BCUT2D eigenvalue weighted by Gasteiger charge is -2.29. The van der Waals surface area contributed by atoms with Gasteiger partial charge in [0.2, 0.25) is 0 Å². The summed E-state index contributed by atoms with van der Waals surface area (Å²) in [5.74, 6) is 0.0178. The molecule has 0 saturated carbocycles. The zero-order valence-electron chi connectivity index (χ0n) is 16.0. The first-order valence-corrected chi connectivity index (χ1v) is 9.06. The number of carbonyl (C=O) groups is 1. The maximum atomic E-state index is 13.2. The topological polar surface area (TPSA) is 108 Å². The van der Waals surface area contributed by atoms with Crippen LogP contribution < -0.4 is 0 Å². The summed E-state index contributed by atoms with van der Waals surface area (Å²) in [5.41, 5.74) is 3.19. The second-order valence-corrected chi connectivity index (χ2v) is 6.76. The molecule has 2 heterocycles. The predicted octanol–water partition coefficient (Wildman–Crippen LogP) is 2.65. The van der Waals surface area contributed by atoms with Crippen LogP contribution in [0.15, 0.2) is 48.5 Å². The van der Waals surface area contributed by atoms with Crippen molar-refractivity contribution < 1.29 is 24.5 Å². The monoisotopic (exact) mass is 395 g/mol. The molecule has 0 bridgehead atoms. The molecule has 8 heteroatoms. The van der Waals surface area contributed by atoms with Gasteiger partial charge in [-0.25, -0.2) is 0 Å². The number of rotatable bonds is 6. The number of nitrogens with one attached hydrogen (secondary N) is 1. The van der Waals surface area contributed by atoms with E-state index < -0.39 is 12.3 Å². The van der Waals surface area contributed by atoms with Gasteiger partial charge in [0, 0.05) is 25.3 Å². The zero-order valence-corrected chi connectivity index (χ0v) is 16.0. The molecular weight excluding hydrogens is 374 g/mol. The first kappa shape index (κ1) is 19.0. The fourth-order valence-electron chi connectivity index (χ4n) is 3.67. The van der Waals surface area contributed by atoms with Crippen LogP contribution in [0.1, 0.15) is 27.7 Å². The largest absolute Gasteiger partial charge is 0.508 e. The maximum absolute atomic E-state index is 13.2. The highest BCUT2D eigenvalue weighted by Gasteiger charge is 2.43. The zero-order chi connectivity index (χ0) is 20.5. The van der Waals surface area contributed by atoms with Crippen molar-refractivity contribution in [3.8, 4) is 22.8 Å². The second-order valence-electron chi connectivity index (χ2n) is 6.76. The number of methoxy groups -OCH3 is 2. The van der Waals surface area contributed by atoms with Crippen LogP contribution in [0.2, 0.25) is 0 Å². The van der Waals surface area contributed by atoms with Gasteiger partial charge in [-0.2, -0.15) is 5.10 Å². The van der Waals surface area contributed by atoms with E-state index >= 15 is 0 Å². The van der Waals surface area contributed by atoms with Crippen LogP contribution in [0.25, 0.3) is 11.3 Å². The number of benzene rings is 2. The van der Waals surface area contributed by atoms with Crippen LogP contribution >= 0.6 is 0 Å². The molecule has 1 atom stereocenters. The number of aromatic amines is 1. The molecule has 1 aliphatic rings. The third-order valence-electron chi connectivity index (χ3n) is 5.06. The second kappa shape index (κ2) is 7.57. The van der Waals surface area contributed by atoms with Gasteiger partial charge >= 0.3 is 0 Å². The van der Waals surface area contributed by atoms with Crippen LogP contribution in [0.4, 0.5) is 0 Å². The fraction of sp³-hybridized carbons (Fsp3) is 0.238. The van der Waals surface area contributed by atoms with Crippen molar-refractivity contribution in [2.75, 3.05) is 20.8 Å². The Balaban J connectivity index is 1.85. The third kappa shape index (κ3) is 3.32. The Morgan fingerprint density at radius 2 is 1.83 bits per heavy atom. The molecule has 1 amide bonds. The summed E-state index contributed by atoms with van der Waals surface area (Å²) < 4.78 is 10.6. The first-order valence-electron chi connectivity index (χ1n) is 9.06. The van der Waals surface area contributed by atoms with Crippen LogP contribution in [0.5, 0.6) is 11.5 Å². The minimum atomic E-state index is -0.604. The summed E-state index contributed by atoms with van der Waals surface area (Å²) in [4.78, 5) is 14.8. The number of carbonyl (C=O) groups excluding carboxylic acids is 1. The molecule has 29 heavy (non-hydrogen) atoms. The number of H-pyrrole nitrogens is 1. The van der Waals surface area contributed by atoms with E-state index in [-0.39, 0.29) is 24.0 Å². The lowest BCUT2D eigenvalue weighted by molar-refractivity contribution is -0.113. The van der Waals surface area contributed by atoms with E-state index in [0.717, 1.165) is 11.1 Å². The molecule has 1 aromatic heterocycles. The molecular formula is C21H21N3O5. The Hall–Kier alpha value is -3.36. The summed E-state index contributed by atoms with van der Waals surface area (Å²) in [6.45, 7) is 0.198. The number of aromatic nitrogens is 2. The summed E-state index contributed by atoms with van der Waals surface area (Å²) in [6, 6.07) is 12.9. The predicted molar refractivity (Wildman–Crippen MR) is 104 cm³/mol. The number of phenolic OH excluding ortho intramolecular Hbond substituents is 2. The lowest BCUT2D eigenvalue weighted by Crippen LogP contribution is -2.38. The summed E-state index contributed by atoms with van der Waals surface area (Å²) >= 11 is 0. The molecule has 3 N–H and O–H groups in total.